The second-order valence-electron chi connectivity index (χ2n) is 4.32. The Balaban J connectivity index is 2.43. The van der Waals surface area contributed by atoms with Gasteiger partial charge in [-0.05, 0) is 18.7 Å². The van der Waals surface area contributed by atoms with Gasteiger partial charge in [0, 0.05) is 5.56 Å². The molecule has 0 spiro atoms. The van der Waals surface area contributed by atoms with Gasteiger partial charge in [0.15, 0.2) is 5.84 Å². The minimum Gasteiger partial charge on any atom is -0.245 e. The Kier molecular flexibility index (Phi) is 5.01. The number of aliphatic imine (C=N–C) groups is 2. The van der Waals surface area contributed by atoms with Gasteiger partial charge in [0.25, 0.3) is 0 Å². The highest BCUT2D eigenvalue weighted by Gasteiger charge is 2.03. The van der Waals surface area contributed by atoms with Crippen molar-refractivity contribution in [2.24, 2.45) is 9.98 Å². The molecule has 0 N–H and O–H groups in total. The van der Waals surface area contributed by atoms with Gasteiger partial charge in [-0.2, -0.15) is 0 Å². The van der Waals surface area contributed by atoms with Crippen LogP contribution in [0.25, 0.3) is 5.70 Å². The summed E-state index contributed by atoms with van der Waals surface area (Å²) >= 11 is 0. The van der Waals surface area contributed by atoms with Crippen LogP contribution < -0.4 is 0 Å². The highest BCUT2D eigenvalue weighted by Crippen LogP contribution is 2.18. The Morgan fingerprint density at radius 3 is 2.00 bits per heavy atom. The zero-order valence-corrected chi connectivity index (χ0v) is 11.7. The molecule has 0 aliphatic heterocycles. The van der Waals surface area contributed by atoms with Gasteiger partial charge < -0.3 is 0 Å². The van der Waals surface area contributed by atoms with Crippen LogP contribution in [0, 0.1) is 0 Å². The van der Waals surface area contributed by atoms with Crippen LogP contribution in [0.3, 0.4) is 0 Å². The second kappa shape index (κ2) is 7.19. The van der Waals surface area contributed by atoms with Crippen LogP contribution in [0.1, 0.15) is 24.5 Å². The van der Waals surface area contributed by atoms with Gasteiger partial charge in [-0.3, -0.25) is 0 Å². The summed E-state index contributed by atoms with van der Waals surface area (Å²) in [5, 5.41) is 0. The Morgan fingerprint density at radius 1 is 0.950 bits per heavy atom. The average molecular weight is 262 g/mol. The minimum absolute atomic E-state index is 0.647. The van der Waals surface area contributed by atoms with Gasteiger partial charge in [-0.1, -0.05) is 73.7 Å². The number of allylic oxidation sites excluding steroid dienone is 1. The van der Waals surface area contributed by atoms with Gasteiger partial charge in [0.1, 0.15) is 0 Å². The fourth-order valence-electron chi connectivity index (χ4n) is 1.92. The molecule has 0 bridgehead atoms. The molecule has 0 fully saturated rings. The number of nitrogens with zero attached hydrogens (tertiary/aromatic N) is 2. The van der Waals surface area contributed by atoms with Crippen LogP contribution in [0.4, 0.5) is 0 Å². The third kappa shape index (κ3) is 3.51. The standard InChI is InChI=1S/C18H18N2/c1-3-10-17(15-11-6-4-7-12-15)20-18(19-2)16-13-8-5-9-14-16/h4-14H,2-3H2,1H3/b17-10+,20-18-. The van der Waals surface area contributed by atoms with E-state index in [-0.39, 0.29) is 0 Å². The molecule has 2 nitrogen and oxygen atoms in total. The minimum atomic E-state index is 0.647. The van der Waals surface area contributed by atoms with Gasteiger partial charge >= 0.3 is 0 Å². The molecule has 2 aromatic carbocycles. The predicted molar refractivity (Wildman–Crippen MR) is 87.2 cm³/mol. The van der Waals surface area contributed by atoms with Crippen molar-refractivity contribution < 1.29 is 0 Å². The Hall–Kier alpha value is -2.48. The van der Waals surface area contributed by atoms with Crippen molar-refractivity contribution in [3.63, 3.8) is 0 Å². The molecule has 20 heavy (non-hydrogen) atoms. The maximum absolute atomic E-state index is 4.67. The van der Waals surface area contributed by atoms with Crippen LogP contribution in [0.15, 0.2) is 76.7 Å². The molecular weight excluding hydrogens is 244 g/mol. The molecule has 2 heteroatoms. The first-order chi connectivity index (χ1) is 9.85. The Bertz CT molecular complexity index is 610. The maximum atomic E-state index is 4.67. The first-order valence-electron chi connectivity index (χ1n) is 6.71. The quantitative estimate of drug-likeness (QED) is 0.569. The smallest absolute Gasteiger partial charge is 0.159 e. The van der Waals surface area contributed by atoms with Crippen LogP contribution in [0.5, 0.6) is 0 Å². The van der Waals surface area contributed by atoms with Crippen LogP contribution in [-0.2, 0) is 0 Å². The summed E-state index contributed by atoms with van der Waals surface area (Å²) in [6.07, 6.45) is 3.02. The van der Waals surface area contributed by atoms with Crippen molar-refractivity contribution in [1.82, 2.24) is 0 Å². The zero-order valence-electron chi connectivity index (χ0n) is 11.7. The summed E-state index contributed by atoms with van der Waals surface area (Å²) in [5.74, 6) is 0.647. The van der Waals surface area contributed by atoms with E-state index in [1.54, 1.807) is 0 Å². The molecule has 0 unspecified atom stereocenters. The third-order valence-corrected chi connectivity index (χ3v) is 2.88. The summed E-state index contributed by atoms with van der Waals surface area (Å²) in [6.45, 7) is 5.74. The van der Waals surface area contributed by atoms with E-state index in [0.29, 0.717) is 5.84 Å². The second-order valence-corrected chi connectivity index (χ2v) is 4.32. The Labute approximate surface area is 120 Å². The Morgan fingerprint density at radius 2 is 1.50 bits per heavy atom. The van der Waals surface area contributed by atoms with E-state index in [9.17, 15) is 0 Å². The summed E-state index contributed by atoms with van der Waals surface area (Å²) in [7, 11) is 0. The summed E-state index contributed by atoms with van der Waals surface area (Å²) < 4.78 is 0. The molecule has 0 aliphatic rings. The monoisotopic (exact) mass is 262 g/mol. The molecule has 0 saturated heterocycles. The lowest BCUT2D eigenvalue weighted by molar-refractivity contribution is 1.21. The van der Waals surface area contributed by atoms with Gasteiger partial charge in [-0.15, -0.1) is 0 Å². The fourth-order valence-corrected chi connectivity index (χ4v) is 1.92. The van der Waals surface area contributed by atoms with Crippen molar-refractivity contribution >= 4 is 18.3 Å². The predicted octanol–water partition coefficient (Wildman–Crippen LogP) is 4.58. The SMILES string of the molecule is C=N/C(=N\C(=C\CC)c1ccccc1)c1ccccc1. The molecule has 0 aromatic heterocycles. The lowest BCUT2D eigenvalue weighted by Crippen LogP contribution is -1.97. The molecule has 2 aromatic rings. The molecule has 0 heterocycles. The van der Waals surface area contributed by atoms with Crippen LogP contribution in [-0.4, -0.2) is 12.6 Å². The highest BCUT2D eigenvalue weighted by molar-refractivity contribution is 6.04. The molecule has 0 saturated carbocycles. The first-order valence-corrected chi connectivity index (χ1v) is 6.71. The molecule has 0 aliphatic carbocycles. The summed E-state index contributed by atoms with van der Waals surface area (Å²) in [5.41, 5.74) is 2.99. The van der Waals surface area contributed by atoms with Crippen molar-refractivity contribution in [2.75, 3.05) is 0 Å². The number of hydrogen-bond acceptors (Lipinski definition) is 1. The van der Waals surface area contributed by atoms with E-state index in [2.05, 4.69) is 41.8 Å². The normalized spacial score (nSPS) is 12.2. The lowest BCUT2D eigenvalue weighted by Gasteiger charge is -2.05. The topological polar surface area (TPSA) is 24.7 Å². The van der Waals surface area contributed by atoms with E-state index in [0.717, 1.165) is 23.2 Å². The van der Waals surface area contributed by atoms with Crippen LogP contribution in [0.2, 0.25) is 0 Å². The van der Waals surface area contributed by atoms with Gasteiger partial charge in [-0.25, -0.2) is 9.98 Å². The van der Waals surface area contributed by atoms with E-state index in [1.807, 2.05) is 48.5 Å². The molecular formula is C18H18N2. The van der Waals surface area contributed by atoms with E-state index in [4.69, 9.17) is 0 Å². The number of amidine groups is 1. The zero-order chi connectivity index (χ0) is 14.2. The molecule has 0 radical (unpaired) electrons. The van der Waals surface area contributed by atoms with Crippen LogP contribution >= 0.6 is 0 Å². The van der Waals surface area contributed by atoms with E-state index >= 15 is 0 Å². The van der Waals surface area contributed by atoms with Gasteiger partial charge in [0.2, 0.25) is 0 Å². The summed E-state index contributed by atoms with van der Waals surface area (Å²) in [6, 6.07) is 20.0. The van der Waals surface area contributed by atoms with Gasteiger partial charge in [0.05, 0.1) is 5.70 Å². The number of rotatable bonds is 4. The fraction of sp³-hybridized carbons (Fsp3) is 0.111. The molecule has 100 valence electrons. The largest absolute Gasteiger partial charge is 0.245 e. The van der Waals surface area contributed by atoms with Crippen molar-refractivity contribution in [2.45, 2.75) is 13.3 Å². The maximum Gasteiger partial charge on any atom is 0.159 e. The molecule has 0 amide bonds. The van der Waals surface area contributed by atoms with Crippen molar-refractivity contribution in [3.05, 3.63) is 77.9 Å². The van der Waals surface area contributed by atoms with E-state index in [1.165, 1.54) is 0 Å². The molecule has 0 atom stereocenters. The lowest BCUT2D eigenvalue weighted by atomic mass is 10.1. The summed E-state index contributed by atoms with van der Waals surface area (Å²) in [4.78, 5) is 8.74. The highest BCUT2D eigenvalue weighted by atomic mass is 14.9. The number of benzene rings is 2. The first kappa shape index (κ1) is 13.9. The average Bonchev–Trinajstić information content (AvgIpc) is 2.53. The molecule has 2 rings (SSSR count). The van der Waals surface area contributed by atoms with Crippen molar-refractivity contribution in [3.8, 4) is 0 Å². The van der Waals surface area contributed by atoms with Crippen molar-refractivity contribution in [1.29, 1.82) is 0 Å². The number of hydrogen-bond donors (Lipinski definition) is 0. The van der Waals surface area contributed by atoms with E-state index < -0.39 is 0 Å². The third-order valence-electron chi connectivity index (χ3n) is 2.88.